The van der Waals surface area contributed by atoms with Gasteiger partial charge >= 0.3 is 0 Å². The molecule has 3 aromatic rings. The molecule has 0 unspecified atom stereocenters. The van der Waals surface area contributed by atoms with Crippen LogP contribution in [0.1, 0.15) is 19.4 Å². The number of ether oxygens (including phenoxy) is 1. The number of carbonyl (C=O) groups excluding carboxylic acids is 1. The van der Waals surface area contributed by atoms with Crippen LogP contribution in [-0.2, 0) is 21.2 Å². The van der Waals surface area contributed by atoms with Crippen molar-refractivity contribution >= 4 is 27.3 Å². The lowest BCUT2D eigenvalue weighted by Crippen LogP contribution is -2.30. The molecular formula is C23H24N2O4S. The summed E-state index contributed by atoms with van der Waals surface area (Å²) in [4.78, 5) is 12.6. The van der Waals surface area contributed by atoms with Crippen molar-refractivity contribution in [2.75, 3.05) is 10.0 Å². The summed E-state index contributed by atoms with van der Waals surface area (Å²) in [5, 5.41) is 2.75. The van der Waals surface area contributed by atoms with Gasteiger partial charge in [0.1, 0.15) is 5.75 Å². The molecule has 0 saturated carbocycles. The zero-order valence-corrected chi connectivity index (χ0v) is 17.6. The molecule has 0 aliphatic carbocycles. The van der Waals surface area contributed by atoms with Crippen LogP contribution < -0.4 is 14.8 Å². The Morgan fingerprint density at radius 3 is 2.20 bits per heavy atom. The van der Waals surface area contributed by atoms with Crippen molar-refractivity contribution < 1.29 is 17.9 Å². The second-order valence-corrected chi connectivity index (χ2v) is 8.39. The second kappa shape index (κ2) is 9.45. The highest BCUT2D eigenvalue weighted by molar-refractivity contribution is 7.92. The van der Waals surface area contributed by atoms with Gasteiger partial charge in [0.05, 0.1) is 4.90 Å². The van der Waals surface area contributed by atoms with Gasteiger partial charge in [-0.3, -0.25) is 9.52 Å². The molecule has 3 aromatic carbocycles. The van der Waals surface area contributed by atoms with Crippen molar-refractivity contribution in [3.8, 4) is 5.75 Å². The Morgan fingerprint density at radius 2 is 1.53 bits per heavy atom. The van der Waals surface area contributed by atoms with E-state index in [-0.39, 0.29) is 10.8 Å². The van der Waals surface area contributed by atoms with E-state index in [1.165, 1.54) is 12.1 Å². The number of hydrogen-bond acceptors (Lipinski definition) is 4. The van der Waals surface area contributed by atoms with Crippen molar-refractivity contribution in [1.29, 1.82) is 0 Å². The lowest BCUT2D eigenvalue weighted by atomic mass is 10.1. The molecule has 0 fully saturated rings. The predicted octanol–water partition coefficient (Wildman–Crippen LogP) is 4.46. The Balaban J connectivity index is 1.64. The van der Waals surface area contributed by atoms with Gasteiger partial charge in [0.15, 0.2) is 6.10 Å². The number of rotatable bonds is 8. The van der Waals surface area contributed by atoms with Crippen LogP contribution >= 0.6 is 0 Å². The zero-order chi connectivity index (χ0) is 21.6. The third kappa shape index (κ3) is 5.39. The Kier molecular flexibility index (Phi) is 6.74. The Morgan fingerprint density at radius 1 is 0.900 bits per heavy atom. The number of para-hydroxylation sites is 2. The fourth-order valence-corrected chi connectivity index (χ4v) is 3.90. The van der Waals surface area contributed by atoms with E-state index in [1.54, 1.807) is 49.4 Å². The summed E-state index contributed by atoms with van der Waals surface area (Å²) in [6.45, 7) is 3.69. The van der Waals surface area contributed by atoms with Gasteiger partial charge in [0.25, 0.3) is 15.9 Å². The largest absolute Gasteiger partial charge is 0.481 e. The zero-order valence-electron chi connectivity index (χ0n) is 16.8. The number of anilines is 2. The third-order valence-electron chi connectivity index (χ3n) is 4.48. The molecule has 1 atom stereocenters. The highest BCUT2D eigenvalue weighted by Crippen LogP contribution is 2.21. The van der Waals surface area contributed by atoms with Crippen LogP contribution in [0.4, 0.5) is 11.4 Å². The summed E-state index contributed by atoms with van der Waals surface area (Å²) in [6, 6.07) is 22.2. The Labute approximate surface area is 177 Å². The summed E-state index contributed by atoms with van der Waals surface area (Å²) in [5.74, 6) is 0.356. The fraction of sp³-hybridized carbons (Fsp3) is 0.174. The van der Waals surface area contributed by atoms with Gasteiger partial charge in [0.2, 0.25) is 0 Å². The molecular weight excluding hydrogens is 400 g/mol. The fourth-order valence-electron chi connectivity index (χ4n) is 2.84. The molecule has 6 nitrogen and oxygen atoms in total. The summed E-state index contributed by atoms with van der Waals surface area (Å²) < 4.78 is 33.3. The van der Waals surface area contributed by atoms with Gasteiger partial charge in [-0.15, -0.1) is 0 Å². The maximum absolute atomic E-state index is 12.5. The third-order valence-corrected chi connectivity index (χ3v) is 5.88. The van der Waals surface area contributed by atoms with Crippen LogP contribution in [0.2, 0.25) is 0 Å². The van der Waals surface area contributed by atoms with Crippen LogP contribution in [0.5, 0.6) is 5.75 Å². The number of nitrogens with one attached hydrogen (secondary N) is 2. The highest BCUT2D eigenvalue weighted by atomic mass is 32.2. The van der Waals surface area contributed by atoms with Crippen molar-refractivity contribution in [3.63, 3.8) is 0 Å². The summed E-state index contributed by atoms with van der Waals surface area (Å²) >= 11 is 0. The molecule has 7 heteroatoms. The number of sulfonamides is 1. The minimum Gasteiger partial charge on any atom is -0.481 e. The van der Waals surface area contributed by atoms with Gasteiger partial charge in [-0.1, -0.05) is 43.3 Å². The molecule has 0 radical (unpaired) electrons. The van der Waals surface area contributed by atoms with Crippen LogP contribution in [0.3, 0.4) is 0 Å². The second-order valence-electron chi connectivity index (χ2n) is 6.71. The SMILES string of the molecule is CCc1ccccc1O[C@H](C)C(=O)Nc1ccc(S(=O)(=O)Nc2ccccc2)cc1. The van der Waals surface area contributed by atoms with Crippen LogP contribution in [0, 0.1) is 0 Å². The van der Waals surface area contributed by atoms with E-state index in [2.05, 4.69) is 10.0 Å². The Bertz CT molecular complexity index is 1100. The molecule has 0 aliphatic heterocycles. The summed E-state index contributed by atoms with van der Waals surface area (Å²) in [7, 11) is -3.71. The number of carbonyl (C=O) groups is 1. The van der Waals surface area contributed by atoms with Crippen LogP contribution in [0.15, 0.2) is 83.8 Å². The number of amides is 1. The van der Waals surface area contributed by atoms with E-state index in [0.29, 0.717) is 17.1 Å². The van der Waals surface area contributed by atoms with Gasteiger partial charge in [0, 0.05) is 11.4 Å². The first-order valence-corrected chi connectivity index (χ1v) is 11.1. The van der Waals surface area contributed by atoms with E-state index in [0.717, 1.165) is 12.0 Å². The molecule has 0 bridgehead atoms. The van der Waals surface area contributed by atoms with Gasteiger partial charge < -0.3 is 10.1 Å². The standard InChI is InChI=1S/C23H24N2O4S/c1-3-18-9-7-8-12-22(18)29-17(2)23(26)24-19-13-15-21(16-14-19)30(27,28)25-20-10-5-4-6-11-20/h4-17,25H,3H2,1-2H3,(H,24,26)/t17-/m1/s1. The molecule has 0 aliphatic rings. The first-order valence-electron chi connectivity index (χ1n) is 9.62. The monoisotopic (exact) mass is 424 g/mol. The highest BCUT2D eigenvalue weighted by Gasteiger charge is 2.18. The van der Waals surface area contributed by atoms with E-state index < -0.39 is 16.1 Å². The van der Waals surface area contributed by atoms with Gasteiger partial charge in [-0.25, -0.2) is 8.42 Å². The predicted molar refractivity (Wildman–Crippen MR) is 118 cm³/mol. The quantitative estimate of drug-likeness (QED) is 0.559. The first-order chi connectivity index (χ1) is 14.4. The van der Waals surface area contributed by atoms with Crippen molar-refractivity contribution in [2.24, 2.45) is 0 Å². The molecule has 30 heavy (non-hydrogen) atoms. The molecule has 0 spiro atoms. The normalized spacial score (nSPS) is 12.1. The number of benzene rings is 3. The topological polar surface area (TPSA) is 84.5 Å². The van der Waals surface area contributed by atoms with Crippen molar-refractivity contribution in [2.45, 2.75) is 31.3 Å². The smallest absolute Gasteiger partial charge is 0.265 e. The Hall–Kier alpha value is -3.32. The van der Waals surface area contributed by atoms with E-state index in [9.17, 15) is 13.2 Å². The van der Waals surface area contributed by atoms with E-state index >= 15 is 0 Å². The summed E-state index contributed by atoms with van der Waals surface area (Å²) in [5.41, 5.74) is 1.99. The molecule has 0 aromatic heterocycles. The molecule has 3 rings (SSSR count). The molecule has 0 saturated heterocycles. The maximum Gasteiger partial charge on any atom is 0.265 e. The van der Waals surface area contributed by atoms with E-state index in [1.807, 2.05) is 31.2 Å². The minimum absolute atomic E-state index is 0.102. The van der Waals surface area contributed by atoms with E-state index in [4.69, 9.17) is 4.74 Å². The maximum atomic E-state index is 12.5. The van der Waals surface area contributed by atoms with Gasteiger partial charge in [-0.05, 0) is 61.4 Å². The molecule has 156 valence electrons. The first kappa shape index (κ1) is 21.4. The lowest BCUT2D eigenvalue weighted by molar-refractivity contribution is -0.122. The summed E-state index contributed by atoms with van der Waals surface area (Å²) in [6.07, 6.45) is 0.0955. The van der Waals surface area contributed by atoms with Crippen LogP contribution in [-0.4, -0.2) is 20.4 Å². The average molecular weight is 425 g/mol. The molecule has 0 heterocycles. The lowest BCUT2D eigenvalue weighted by Gasteiger charge is -2.17. The number of hydrogen-bond donors (Lipinski definition) is 2. The molecule has 1 amide bonds. The average Bonchev–Trinajstić information content (AvgIpc) is 2.75. The van der Waals surface area contributed by atoms with Gasteiger partial charge in [-0.2, -0.15) is 0 Å². The number of aryl methyl sites for hydroxylation is 1. The van der Waals surface area contributed by atoms with Crippen LogP contribution in [0.25, 0.3) is 0 Å². The molecule has 2 N–H and O–H groups in total. The van der Waals surface area contributed by atoms with Crippen molar-refractivity contribution in [3.05, 3.63) is 84.4 Å². The van der Waals surface area contributed by atoms with Crippen molar-refractivity contribution in [1.82, 2.24) is 0 Å². The minimum atomic E-state index is -3.71.